The topological polar surface area (TPSA) is 80.8 Å². The number of carbonyl (C=O) groups is 2. The van der Waals surface area contributed by atoms with Gasteiger partial charge >= 0.3 is 5.97 Å². The molecule has 1 fully saturated rings. The molecule has 1 aromatic heterocycles. The first-order valence-corrected chi connectivity index (χ1v) is 8.93. The Bertz CT molecular complexity index is 837. The van der Waals surface area contributed by atoms with E-state index in [1.54, 1.807) is 30.5 Å². The normalized spacial score (nSPS) is 13.9. The molecular formula is C19H20ClN3O4. The SMILES string of the molecule is Cc1ccc(NC(=O)COC(=O)c2cccnc2N2CCOCC2)c(Cl)c1. The average Bonchev–Trinajstić information content (AvgIpc) is 2.69. The first-order chi connectivity index (χ1) is 13.0. The molecule has 0 spiro atoms. The zero-order valence-electron chi connectivity index (χ0n) is 14.9. The van der Waals surface area contributed by atoms with E-state index in [1.807, 2.05) is 17.9 Å². The van der Waals surface area contributed by atoms with Gasteiger partial charge in [0.2, 0.25) is 0 Å². The highest BCUT2D eigenvalue weighted by atomic mass is 35.5. The standard InChI is InChI=1S/C19H20ClN3O4/c1-13-4-5-16(15(20)11-13)22-17(24)12-27-19(25)14-3-2-6-21-18(14)23-7-9-26-10-8-23/h2-6,11H,7-10,12H2,1H3,(H,22,24). The molecule has 1 saturated heterocycles. The predicted octanol–water partition coefficient (Wildman–Crippen LogP) is 2.68. The minimum atomic E-state index is -0.602. The van der Waals surface area contributed by atoms with Crippen LogP contribution in [0, 0.1) is 6.92 Å². The van der Waals surface area contributed by atoms with Crippen molar-refractivity contribution in [3.05, 3.63) is 52.7 Å². The van der Waals surface area contributed by atoms with Crippen LogP contribution in [0.4, 0.5) is 11.5 Å². The van der Waals surface area contributed by atoms with Gasteiger partial charge in [-0.05, 0) is 36.8 Å². The third kappa shape index (κ3) is 4.96. The summed E-state index contributed by atoms with van der Waals surface area (Å²) in [6.07, 6.45) is 1.62. The lowest BCUT2D eigenvalue weighted by molar-refractivity contribution is -0.119. The van der Waals surface area contributed by atoms with Gasteiger partial charge in [-0.1, -0.05) is 17.7 Å². The number of esters is 1. The minimum Gasteiger partial charge on any atom is -0.452 e. The van der Waals surface area contributed by atoms with Gasteiger partial charge in [0.25, 0.3) is 5.91 Å². The summed E-state index contributed by atoms with van der Waals surface area (Å²) in [7, 11) is 0. The van der Waals surface area contributed by atoms with Crippen LogP contribution in [0.25, 0.3) is 0 Å². The van der Waals surface area contributed by atoms with Crippen molar-refractivity contribution in [1.29, 1.82) is 0 Å². The molecule has 1 N–H and O–H groups in total. The van der Waals surface area contributed by atoms with E-state index in [9.17, 15) is 9.59 Å². The molecule has 1 aliphatic heterocycles. The molecule has 3 rings (SSSR count). The summed E-state index contributed by atoms with van der Waals surface area (Å²) in [5.74, 6) is -0.534. The summed E-state index contributed by atoms with van der Waals surface area (Å²) in [5, 5.41) is 3.06. The number of morpholine rings is 1. The number of halogens is 1. The van der Waals surface area contributed by atoms with Crippen molar-refractivity contribution in [1.82, 2.24) is 4.98 Å². The summed E-state index contributed by atoms with van der Waals surface area (Å²) in [6, 6.07) is 8.57. The maximum Gasteiger partial charge on any atom is 0.342 e. The molecule has 8 heteroatoms. The number of ether oxygens (including phenoxy) is 2. The van der Waals surface area contributed by atoms with E-state index in [2.05, 4.69) is 10.3 Å². The fourth-order valence-electron chi connectivity index (χ4n) is 2.70. The molecule has 2 heterocycles. The maximum absolute atomic E-state index is 12.5. The van der Waals surface area contributed by atoms with Gasteiger partial charge in [0.1, 0.15) is 11.4 Å². The van der Waals surface area contributed by atoms with Gasteiger partial charge in [0.05, 0.1) is 23.9 Å². The smallest absolute Gasteiger partial charge is 0.342 e. The van der Waals surface area contributed by atoms with Gasteiger partial charge in [0.15, 0.2) is 6.61 Å². The van der Waals surface area contributed by atoms with Gasteiger partial charge in [-0.3, -0.25) is 4.79 Å². The number of amides is 1. The van der Waals surface area contributed by atoms with Crippen LogP contribution in [0.3, 0.4) is 0 Å². The lowest BCUT2D eigenvalue weighted by Crippen LogP contribution is -2.37. The summed E-state index contributed by atoms with van der Waals surface area (Å²) in [5.41, 5.74) is 1.77. The number of aryl methyl sites for hydroxylation is 1. The summed E-state index contributed by atoms with van der Waals surface area (Å²) in [6.45, 7) is 3.92. The Hall–Kier alpha value is -2.64. The number of nitrogens with zero attached hydrogens (tertiary/aromatic N) is 2. The number of hydrogen-bond donors (Lipinski definition) is 1. The number of pyridine rings is 1. The third-order valence-corrected chi connectivity index (χ3v) is 4.36. The number of carbonyl (C=O) groups excluding carboxylic acids is 2. The van der Waals surface area contributed by atoms with E-state index in [4.69, 9.17) is 21.1 Å². The Morgan fingerprint density at radius 2 is 2.07 bits per heavy atom. The van der Waals surface area contributed by atoms with Gasteiger partial charge < -0.3 is 19.7 Å². The number of rotatable bonds is 5. The first kappa shape index (κ1) is 19.1. The molecule has 1 amide bonds. The second-order valence-electron chi connectivity index (χ2n) is 6.08. The van der Waals surface area contributed by atoms with Crippen molar-refractivity contribution >= 4 is 35.0 Å². The van der Waals surface area contributed by atoms with Crippen LogP contribution in [0.2, 0.25) is 5.02 Å². The quantitative estimate of drug-likeness (QED) is 0.792. The fourth-order valence-corrected chi connectivity index (χ4v) is 2.98. The molecule has 0 bridgehead atoms. The van der Waals surface area contributed by atoms with E-state index >= 15 is 0 Å². The van der Waals surface area contributed by atoms with E-state index < -0.39 is 18.5 Å². The Labute approximate surface area is 162 Å². The fraction of sp³-hybridized carbons (Fsp3) is 0.316. The Morgan fingerprint density at radius 3 is 2.81 bits per heavy atom. The molecule has 142 valence electrons. The Balaban J connectivity index is 1.61. The number of hydrogen-bond acceptors (Lipinski definition) is 6. The van der Waals surface area contributed by atoms with Crippen molar-refractivity contribution in [2.24, 2.45) is 0 Å². The van der Waals surface area contributed by atoms with Gasteiger partial charge in [-0.25, -0.2) is 9.78 Å². The summed E-state index contributed by atoms with van der Waals surface area (Å²) >= 11 is 6.09. The monoisotopic (exact) mass is 389 g/mol. The Kier molecular flexibility index (Phi) is 6.26. The van der Waals surface area contributed by atoms with Crippen molar-refractivity contribution in [3.63, 3.8) is 0 Å². The van der Waals surface area contributed by atoms with Crippen LogP contribution >= 0.6 is 11.6 Å². The van der Waals surface area contributed by atoms with Gasteiger partial charge in [-0.2, -0.15) is 0 Å². The highest BCUT2D eigenvalue weighted by molar-refractivity contribution is 6.33. The molecule has 0 atom stereocenters. The van der Waals surface area contributed by atoms with Crippen LogP contribution in [0.5, 0.6) is 0 Å². The van der Waals surface area contributed by atoms with Crippen LogP contribution in [-0.4, -0.2) is 49.8 Å². The molecule has 0 unspecified atom stereocenters. The van der Waals surface area contributed by atoms with Crippen LogP contribution in [0.15, 0.2) is 36.5 Å². The van der Waals surface area contributed by atoms with Crippen LogP contribution in [-0.2, 0) is 14.3 Å². The van der Waals surface area contributed by atoms with Crippen molar-refractivity contribution in [2.75, 3.05) is 43.1 Å². The Morgan fingerprint density at radius 1 is 1.30 bits per heavy atom. The maximum atomic E-state index is 12.5. The van der Waals surface area contributed by atoms with Gasteiger partial charge in [-0.15, -0.1) is 0 Å². The van der Waals surface area contributed by atoms with Gasteiger partial charge in [0, 0.05) is 19.3 Å². The second kappa shape index (κ2) is 8.83. The predicted molar refractivity (Wildman–Crippen MR) is 102 cm³/mol. The zero-order valence-corrected chi connectivity index (χ0v) is 15.7. The molecule has 2 aromatic rings. The highest BCUT2D eigenvalue weighted by Gasteiger charge is 2.21. The minimum absolute atomic E-state index is 0.320. The molecule has 27 heavy (non-hydrogen) atoms. The van der Waals surface area contributed by atoms with E-state index in [0.29, 0.717) is 48.4 Å². The van der Waals surface area contributed by atoms with Crippen LogP contribution < -0.4 is 10.2 Å². The molecule has 0 saturated carbocycles. The molecule has 0 radical (unpaired) electrons. The first-order valence-electron chi connectivity index (χ1n) is 8.55. The van der Waals surface area contributed by atoms with E-state index in [-0.39, 0.29) is 0 Å². The number of anilines is 2. The second-order valence-corrected chi connectivity index (χ2v) is 6.49. The molecule has 7 nitrogen and oxygen atoms in total. The van der Waals surface area contributed by atoms with E-state index in [0.717, 1.165) is 5.56 Å². The third-order valence-electron chi connectivity index (χ3n) is 4.05. The summed E-state index contributed by atoms with van der Waals surface area (Å²) in [4.78, 5) is 30.8. The molecule has 0 aliphatic carbocycles. The highest BCUT2D eigenvalue weighted by Crippen LogP contribution is 2.23. The number of nitrogens with one attached hydrogen (secondary N) is 1. The zero-order chi connectivity index (χ0) is 19.2. The average molecular weight is 390 g/mol. The molecule has 1 aliphatic rings. The number of aromatic nitrogens is 1. The molecular weight excluding hydrogens is 370 g/mol. The lowest BCUT2D eigenvalue weighted by atomic mass is 10.2. The lowest BCUT2D eigenvalue weighted by Gasteiger charge is -2.28. The van der Waals surface area contributed by atoms with Crippen molar-refractivity contribution < 1.29 is 19.1 Å². The number of benzene rings is 1. The summed E-state index contributed by atoms with van der Waals surface area (Å²) < 4.78 is 10.5. The van der Waals surface area contributed by atoms with Crippen molar-refractivity contribution in [3.8, 4) is 0 Å². The van der Waals surface area contributed by atoms with E-state index in [1.165, 1.54) is 0 Å². The molecule has 1 aromatic carbocycles. The largest absolute Gasteiger partial charge is 0.452 e. The van der Waals surface area contributed by atoms with Crippen LogP contribution in [0.1, 0.15) is 15.9 Å². The van der Waals surface area contributed by atoms with Crippen molar-refractivity contribution in [2.45, 2.75) is 6.92 Å².